The van der Waals surface area contributed by atoms with E-state index in [-0.39, 0.29) is 10.8 Å². The van der Waals surface area contributed by atoms with Crippen LogP contribution in [0, 0.1) is 0 Å². The molecule has 12 heteroatoms. The van der Waals surface area contributed by atoms with Gasteiger partial charge in [0, 0.05) is 108 Å². The molecule has 8 aromatic heterocycles. The molecule has 0 amide bonds. The Morgan fingerprint density at radius 3 is 1.15 bits per heavy atom. The maximum Gasteiger partial charge on any atom is 0.182 e. The predicted molar refractivity (Wildman–Crippen MR) is 451 cm³/mol. The number of thiophene rings is 2. The van der Waals surface area contributed by atoms with Gasteiger partial charge >= 0.3 is 0 Å². The second kappa shape index (κ2) is 26.5. The summed E-state index contributed by atoms with van der Waals surface area (Å²) >= 11 is 3.69. The second-order valence-corrected chi connectivity index (χ2v) is 31.7. The summed E-state index contributed by atoms with van der Waals surface area (Å²) in [5, 5.41) is 9.94. The first-order valence-electron chi connectivity index (χ1n) is 36.4. The van der Waals surface area contributed by atoms with Crippen LogP contribution in [0.15, 0.2) is 316 Å². The normalized spacial score (nSPS) is 12.0. The lowest BCUT2D eigenvalue weighted by atomic mass is 9.86. The monoisotopic (exact) mass is 1430 g/mol. The molecule has 20 rings (SSSR count). The molecule has 0 N–H and O–H groups in total. The van der Waals surface area contributed by atoms with Crippen LogP contribution in [-0.2, 0) is 10.8 Å². The molecule has 0 fully saturated rings. The molecule has 0 aliphatic carbocycles. The molecule has 20 aromatic rings. The van der Waals surface area contributed by atoms with Crippen LogP contribution in [0.25, 0.3) is 186 Å². The standard InChI is InChI=1S/2C48H35N5S/c1-48(2,3)34-21-17-31(18-22-34)46-50-45(30-11-5-4-6-12-30)51-47(52-46)40-29-35(25-26-49-40)53-41-15-9-7-13-36(41)37-23-19-33(28-42(37)53)32-20-24-44-39(27-32)38-14-8-10-16-43(38)54-44;1-48(2,3)34-21-17-31(18-22-34)46-50-45(30-11-5-4-6-12-30)51-47(52-46)39-29-49-26-25-41(39)53-40-15-9-7-13-35(40)36-23-19-33(28-42(36)53)32-20-24-44-38(27-32)37-14-8-10-16-43(37)54-44/h2*4-29H,1-3H3. The summed E-state index contributed by atoms with van der Waals surface area (Å²) in [6.45, 7) is 13.3. The molecule has 10 nitrogen and oxygen atoms in total. The highest BCUT2D eigenvalue weighted by Crippen LogP contribution is 2.43. The number of para-hydroxylation sites is 2. The van der Waals surface area contributed by atoms with Gasteiger partial charge < -0.3 is 9.13 Å². The molecule has 8 heterocycles. The number of fused-ring (bicyclic) bond motifs is 12. The zero-order valence-electron chi connectivity index (χ0n) is 60.3. The Hall–Kier alpha value is -13.0. The van der Waals surface area contributed by atoms with Crippen LogP contribution in [0.5, 0.6) is 0 Å². The van der Waals surface area contributed by atoms with Crippen LogP contribution in [0.4, 0.5) is 0 Å². The predicted octanol–water partition coefficient (Wildman–Crippen LogP) is 25.4. The third kappa shape index (κ3) is 12.0. The summed E-state index contributed by atoms with van der Waals surface area (Å²) in [4.78, 5) is 39.8. The van der Waals surface area contributed by atoms with Crippen molar-refractivity contribution in [3.63, 3.8) is 0 Å². The van der Waals surface area contributed by atoms with Crippen LogP contribution in [-0.4, -0.2) is 49.0 Å². The van der Waals surface area contributed by atoms with Crippen LogP contribution in [0.2, 0.25) is 0 Å². The minimum atomic E-state index is 0.0375. The molecule has 0 saturated carbocycles. The van der Waals surface area contributed by atoms with E-state index in [1.807, 2.05) is 102 Å². The van der Waals surface area contributed by atoms with Crippen molar-refractivity contribution in [2.24, 2.45) is 0 Å². The zero-order valence-corrected chi connectivity index (χ0v) is 61.9. The second-order valence-electron chi connectivity index (χ2n) is 29.6. The molecule has 108 heavy (non-hydrogen) atoms. The average molecular weight is 1430 g/mol. The van der Waals surface area contributed by atoms with Gasteiger partial charge in [0.05, 0.1) is 33.3 Å². The molecule has 516 valence electrons. The summed E-state index contributed by atoms with van der Waals surface area (Å²) in [5.74, 6) is 3.56. The minimum absolute atomic E-state index is 0.0375. The molecule has 12 aromatic carbocycles. The first kappa shape index (κ1) is 65.7. The third-order valence-corrected chi connectivity index (χ3v) is 22.9. The van der Waals surface area contributed by atoms with Crippen LogP contribution >= 0.6 is 22.7 Å². The fourth-order valence-electron chi connectivity index (χ4n) is 15.0. The van der Waals surface area contributed by atoms with Crippen molar-refractivity contribution in [1.29, 1.82) is 0 Å². The summed E-state index contributed by atoms with van der Waals surface area (Å²) in [7, 11) is 0. The molecular formula is C96H70N10S2. The first-order valence-corrected chi connectivity index (χ1v) is 38.1. The summed E-state index contributed by atoms with van der Waals surface area (Å²) < 4.78 is 9.90. The van der Waals surface area contributed by atoms with Crippen LogP contribution in [0.3, 0.4) is 0 Å². The van der Waals surface area contributed by atoms with Gasteiger partial charge in [-0.1, -0.05) is 260 Å². The Balaban J connectivity index is 0.000000147. The quantitative estimate of drug-likeness (QED) is 0.133. The number of pyridine rings is 2. The molecular weight excluding hydrogens is 1360 g/mol. The zero-order chi connectivity index (χ0) is 72.8. The van der Waals surface area contributed by atoms with Crippen molar-refractivity contribution in [1.82, 2.24) is 49.0 Å². The lowest BCUT2D eigenvalue weighted by Crippen LogP contribution is -2.10. The largest absolute Gasteiger partial charge is 0.309 e. The lowest BCUT2D eigenvalue weighted by Gasteiger charge is -2.19. The first-order chi connectivity index (χ1) is 52.8. The summed E-state index contributed by atoms with van der Waals surface area (Å²) in [6, 6.07) is 105. The minimum Gasteiger partial charge on any atom is -0.309 e. The van der Waals surface area contributed by atoms with Crippen molar-refractivity contribution in [2.45, 2.75) is 52.4 Å². The molecule has 0 spiro atoms. The van der Waals surface area contributed by atoms with Gasteiger partial charge in [0.1, 0.15) is 5.69 Å². The highest BCUT2D eigenvalue weighted by Gasteiger charge is 2.24. The number of hydrogen-bond donors (Lipinski definition) is 0. The molecule has 0 aliphatic heterocycles. The Morgan fingerprint density at radius 2 is 0.648 bits per heavy atom. The Morgan fingerprint density at radius 1 is 0.269 bits per heavy atom. The maximum atomic E-state index is 5.16. The Kier molecular flexibility index (Phi) is 16.2. The molecule has 0 bridgehead atoms. The van der Waals surface area contributed by atoms with Crippen molar-refractivity contribution in [3.05, 3.63) is 327 Å². The van der Waals surface area contributed by atoms with Crippen molar-refractivity contribution in [2.75, 3.05) is 0 Å². The number of nitrogens with zero attached hydrogens (tertiary/aromatic N) is 10. The number of benzene rings is 12. The van der Waals surface area contributed by atoms with Crippen molar-refractivity contribution in [3.8, 4) is 102 Å². The van der Waals surface area contributed by atoms with Crippen molar-refractivity contribution >= 4 is 107 Å². The third-order valence-electron chi connectivity index (χ3n) is 20.6. The Bertz CT molecular complexity index is 6880. The maximum absolute atomic E-state index is 5.16. The molecule has 0 atom stereocenters. The lowest BCUT2D eigenvalue weighted by molar-refractivity contribution is 0.590. The van der Waals surface area contributed by atoms with Crippen molar-refractivity contribution < 1.29 is 0 Å². The van der Waals surface area contributed by atoms with Crippen LogP contribution in [0.1, 0.15) is 52.7 Å². The van der Waals surface area contributed by atoms with E-state index in [1.54, 1.807) is 0 Å². The van der Waals surface area contributed by atoms with Gasteiger partial charge in [0.25, 0.3) is 0 Å². The van der Waals surface area contributed by atoms with Gasteiger partial charge in [-0.2, -0.15) is 0 Å². The fraction of sp³-hybridized carbons (Fsp3) is 0.0833. The van der Waals surface area contributed by atoms with Gasteiger partial charge in [-0.25, -0.2) is 29.9 Å². The van der Waals surface area contributed by atoms with E-state index in [9.17, 15) is 0 Å². The Labute approximate surface area is 632 Å². The van der Waals surface area contributed by atoms with Crippen LogP contribution < -0.4 is 0 Å². The fourth-order valence-corrected chi connectivity index (χ4v) is 17.2. The van der Waals surface area contributed by atoms with E-state index < -0.39 is 0 Å². The van der Waals surface area contributed by atoms with Gasteiger partial charge in [0.2, 0.25) is 0 Å². The van der Waals surface area contributed by atoms with Gasteiger partial charge in [-0.05, 0) is 123 Å². The molecule has 0 radical (unpaired) electrons. The molecule has 0 unspecified atom stereocenters. The topological polar surface area (TPSA) is 113 Å². The highest BCUT2D eigenvalue weighted by atomic mass is 32.1. The van der Waals surface area contributed by atoms with Gasteiger partial charge in [-0.3, -0.25) is 9.97 Å². The van der Waals surface area contributed by atoms with E-state index in [0.717, 1.165) is 66.8 Å². The van der Waals surface area contributed by atoms with E-state index in [0.29, 0.717) is 40.6 Å². The average Bonchev–Trinajstić information content (AvgIpc) is 1.56. The summed E-state index contributed by atoms with van der Waals surface area (Å²) in [5.41, 5.74) is 18.9. The molecule has 0 saturated heterocycles. The van der Waals surface area contributed by atoms with E-state index in [2.05, 4.69) is 292 Å². The van der Waals surface area contributed by atoms with E-state index >= 15 is 0 Å². The smallest absolute Gasteiger partial charge is 0.182 e. The van der Waals surface area contributed by atoms with E-state index in [4.69, 9.17) is 34.9 Å². The van der Waals surface area contributed by atoms with E-state index in [1.165, 1.54) is 89.7 Å². The summed E-state index contributed by atoms with van der Waals surface area (Å²) in [6.07, 6.45) is 5.59. The molecule has 0 aliphatic rings. The SMILES string of the molecule is CC(C)(C)c1ccc(-c2nc(-c3ccccc3)nc(-c3cc(-n4c5ccccc5c5ccc(-c6ccc7sc8ccccc8c7c6)cc54)ccn3)n2)cc1.CC(C)(C)c1ccc(-c2nc(-c3ccccc3)nc(-c3cnccc3-n3c4ccccc4c4ccc(-c5ccc6sc7ccccc7c6c5)cc43)n2)cc1. The number of rotatable bonds is 10. The highest BCUT2D eigenvalue weighted by molar-refractivity contribution is 7.26. The van der Waals surface area contributed by atoms with Gasteiger partial charge in [0.15, 0.2) is 34.9 Å². The van der Waals surface area contributed by atoms with Gasteiger partial charge in [-0.15, -0.1) is 22.7 Å². The number of aromatic nitrogens is 10. The number of hydrogen-bond acceptors (Lipinski definition) is 10.